The summed E-state index contributed by atoms with van der Waals surface area (Å²) in [6, 6.07) is 37.9. The van der Waals surface area contributed by atoms with Gasteiger partial charge in [-0.05, 0) is 95.5 Å². The number of aromatic amines is 1. The van der Waals surface area contributed by atoms with Crippen molar-refractivity contribution in [3.8, 4) is 21.9 Å². The summed E-state index contributed by atoms with van der Waals surface area (Å²) >= 11 is 1.74. The highest BCUT2D eigenvalue weighted by molar-refractivity contribution is 7.15. The molecule has 9 nitrogen and oxygen atoms in total. The van der Waals surface area contributed by atoms with Crippen LogP contribution >= 0.6 is 11.3 Å². The number of aromatic nitrogens is 2. The molecular weight excluding hydrogens is 725 g/mol. The first kappa shape index (κ1) is 37.4. The van der Waals surface area contributed by atoms with Crippen molar-refractivity contribution in [3.63, 3.8) is 0 Å². The number of hydrogen-bond acceptors (Lipinski definition) is 8. The number of H-pyrrole nitrogens is 1. The normalized spacial score (nSPS) is 18.4. The molecule has 2 aliphatic rings. The molecule has 0 unspecified atom stereocenters. The summed E-state index contributed by atoms with van der Waals surface area (Å²) in [6.45, 7) is 2.11. The standard InChI is InChI=1S/C46H44N2O7S/c1-29-38(25-42(56-29)30-11-6-4-7-12-30)36-15-10-16-37(36)39-27-48(45(51)47-44(39)50)43-26-40(49)41(55-43)28-54-46(31-13-8-5-9-14-31,32-17-21-34(52-2)22-18-32)33-19-23-35(53-3)24-20-33/h4-9,11-14,17-25,27,40-41,43,49H,10,15-16,26,28H2,1-3H3,(H,47,50,51)/t40-,41+,43+/m0/s1. The SMILES string of the molecule is COc1ccc(C(OC[C@H]2O[C@@H](n3cc(C4=C(c5cc(-c6ccccc6)sc5C)CCC4)c(=O)[nH]c3=O)C[C@@H]2O)(c2ccccc2)c2ccc(OC)cc2)cc1. The van der Waals surface area contributed by atoms with E-state index in [4.69, 9.17) is 18.9 Å². The Morgan fingerprint density at radius 3 is 1.98 bits per heavy atom. The molecule has 0 amide bonds. The summed E-state index contributed by atoms with van der Waals surface area (Å²) in [6.07, 6.45) is 1.65. The zero-order chi connectivity index (χ0) is 38.8. The van der Waals surface area contributed by atoms with Gasteiger partial charge in [0, 0.05) is 22.4 Å². The molecule has 56 heavy (non-hydrogen) atoms. The fourth-order valence-electron chi connectivity index (χ4n) is 8.10. The molecule has 4 aromatic carbocycles. The summed E-state index contributed by atoms with van der Waals surface area (Å²) in [5.41, 5.74) is 5.23. The maximum absolute atomic E-state index is 13.5. The summed E-state index contributed by atoms with van der Waals surface area (Å²) < 4.78 is 25.9. The van der Waals surface area contributed by atoms with Crippen molar-refractivity contribution in [2.24, 2.45) is 0 Å². The van der Waals surface area contributed by atoms with Gasteiger partial charge in [0.25, 0.3) is 5.56 Å². The minimum Gasteiger partial charge on any atom is -0.497 e. The van der Waals surface area contributed by atoms with Crippen LogP contribution < -0.4 is 20.7 Å². The fourth-order valence-corrected chi connectivity index (χ4v) is 9.15. The molecule has 8 rings (SSSR count). The molecule has 0 spiro atoms. The third-order valence-corrected chi connectivity index (χ3v) is 12.1. The first-order valence-electron chi connectivity index (χ1n) is 18.8. The number of allylic oxidation sites excluding steroid dienone is 2. The zero-order valence-electron chi connectivity index (χ0n) is 31.6. The average molecular weight is 769 g/mol. The smallest absolute Gasteiger partial charge is 0.330 e. The monoisotopic (exact) mass is 768 g/mol. The van der Waals surface area contributed by atoms with E-state index in [0.29, 0.717) is 17.1 Å². The van der Waals surface area contributed by atoms with Crippen molar-refractivity contribution in [3.05, 3.63) is 175 Å². The number of aliphatic hydroxyl groups is 1. The van der Waals surface area contributed by atoms with E-state index in [9.17, 15) is 14.7 Å². The Morgan fingerprint density at radius 1 is 0.804 bits per heavy atom. The van der Waals surface area contributed by atoms with Gasteiger partial charge in [0.05, 0.1) is 32.5 Å². The number of nitrogens with zero attached hydrogens (tertiary/aromatic N) is 1. The Hall–Kier alpha value is -5.52. The van der Waals surface area contributed by atoms with Crippen molar-refractivity contribution in [2.45, 2.75) is 56.6 Å². The van der Waals surface area contributed by atoms with Crippen molar-refractivity contribution >= 4 is 22.5 Å². The van der Waals surface area contributed by atoms with E-state index in [1.165, 1.54) is 14.3 Å². The third kappa shape index (κ3) is 7.05. The Balaban J connectivity index is 1.11. The average Bonchev–Trinajstić information content (AvgIpc) is 3.97. The third-order valence-electron chi connectivity index (χ3n) is 11.0. The first-order chi connectivity index (χ1) is 27.3. The van der Waals surface area contributed by atoms with E-state index in [2.05, 4.69) is 30.1 Å². The molecule has 1 fully saturated rings. The van der Waals surface area contributed by atoms with Gasteiger partial charge in [-0.3, -0.25) is 14.3 Å². The van der Waals surface area contributed by atoms with Crippen molar-refractivity contribution < 1.29 is 24.1 Å². The Morgan fingerprint density at radius 2 is 1.38 bits per heavy atom. The van der Waals surface area contributed by atoms with Gasteiger partial charge in [0.1, 0.15) is 29.4 Å². The predicted molar refractivity (Wildman–Crippen MR) is 219 cm³/mol. The van der Waals surface area contributed by atoms with Crippen molar-refractivity contribution in [1.29, 1.82) is 0 Å². The van der Waals surface area contributed by atoms with Gasteiger partial charge < -0.3 is 24.1 Å². The summed E-state index contributed by atoms with van der Waals surface area (Å²) in [7, 11) is 3.25. The minimum atomic E-state index is -1.12. The van der Waals surface area contributed by atoms with Gasteiger partial charge in [-0.2, -0.15) is 0 Å². The van der Waals surface area contributed by atoms with Crippen LogP contribution in [-0.2, 0) is 15.1 Å². The molecule has 286 valence electrons. The second kappa shape index (κ2) is 15.9. The van der Waals surface area contributed by atoms with Gasteiger partial charge in [0.2, 0.25) is 0 Å². The molecular formula is C46H44N2O7S. The zero-order valence-corrected chi connectivity index (χ0v) is 32.4. The molecule has 1 saturated heterocycles. The number of nitrogens with one attached hydrogen (secondary N) is 1. The van der Waals surface area contributed by atoms with Crippen LogP contribution in [0, 0.1) is 6.92 Å². The van der Waals surface area contributed by atoms with Crippen LogP contribution in [0.1, 0.15) is 64.6 Å². The lowest BCUT2D eigenvalue weighted by atomic mass is 9.80. The van der Waals surface area contributed by atoms with Crippen LogP contribution in [-0.4, -0.2) is 47.7 Å². The quantitative estimate of drug-likeness (QED) is 0.121. The highest BCUT2D eigenvalue weighted by Gasteiger charge is 2.42. The van der Waals surface area contributed by atoms with Crippen LogP contribution in [0.15, 0.2) is 131 Å². The molecule has 2 aromatic heterocycles. The van der Waals surface area contributed by atoms with Gasteiger partial charge in [0.15, 0.2) is 0 Å². The van der Waals surface area contributed by atoms with E-state index in [-0.39, 0.29) is 13.0 Å². The number of hydrogen-bond donors (Lipinski definition) is 2. The number of thiophene rings is 1. The van der Waals surface area contributed by atoms with E-state index in [1.807, 2.05) is 97.1 Å². The van der Waals surface area contributed by atoms with Crippen LogP contribution in [0.2, 0.25) is 0 Å². The second-order valence-corrected chi connectivity index (χ2v) is 15.5. The Bertz CT molecular complexity index is 2410. The first-order valence-corrected chi connectivity index (χ1v) is 19.7. The number of aliphatic hydroxyl groups excluding tert-OH is 1. The van der Waals surface area contributed by atoms with Crippen LogP contribution in [0.4, 0.5) is 0 Å². The summed E-state index contributed by atoms with van der Waals surface area (Å²) in [4.78, 5) is 31.8. The molecule has 3 heterocycles. The molecule has 0 saturated carbocycles. The maximum Gasteiger partial charge on any atom is 0.330 e. The highest BCUT2D eigenvalue weighted by atomic mass is 32.1. The number of methoxy groups -OCH3 is 2. The predicted octanol–water partition coefficient (Wildman–Crippen LogP) is 8.34. The van der Waals surface area contributed by atoms with Gasteiger partial charge >= 0.3 is 5.69 Å². The Kier molecular flexibility index (Phi) is 10.6. The highest BCUT2D eigenvalue weighted by Crippen LogP contribution is 2.45. The Labute approximate surface area is 329 Å². The van der Waals surface area contributed by atoms with E-state index >= 15 is 0 Å². The number of aryl methyl sites for hydroxylation is 1. The number of benzene rings is 4. The topological polar surface area (TPSA) is 112 Å². The molecule has 0 radical (unpaired) electrons. The molecule has 0 bridgehead atoms. The van der Waals surface area contributed by atoms with Crippen LogP contribution in [0.25, 0.3) is 21.6 Å². The van der Waals surface area contributed by atoms with E-state index in [0.717, 1.165) is 58.2 Å². The van der Waals surface area contributed by atoms with E-state index < -0.39 is 35.3 Å². The minimum absolute atomic E-state index is 0.00788. The van der Waals surface area contributed by atoms with Gasteiger partial charge in [-0.1, -0.05) is 84.9 Å². The summed E-state index contributed by atoms with van der Waals surface area (Å²) in [5, 5.41) is 11.5. The lowest BCUT2D eigenvalue weighted by Crippen LogP contribution is -2.38. The second-order valence-electron chi connectivity index (χ2n) is 14.2. The largest absolute Gasteiger partial charge is 0.497 e. The number of ether oxygens (including phenoxy) is 4. The fraction of sp³-hybridized carbons (Fsp3) is 0.261. The molecule has 3 atom stereocenters. The molecule has 10 heteroatoms. The van der Waals surface area contributed by atoms with Crippen LogP contribution in [0.3, 0.4) is 0 Å². The van der Waals surface area contributed by atoms with Crippen molar-refractivity contribution in [1.82, 2.24) is 9.55 Å². The molecule has 1 aliphatic carbocycles. The number of rotatable bonds is 12. The summed E-state index contributed by atoms with van der Waals surface area (Å²) in [5.74, 6) is 1.41. The maximum atomic E-state index is 13.5. The molecule has 6 aromatic rings. The van der Waals surface area contributed by atoms with E-state index in [1.54, 1.807) is 31.8 Å². The van der Waals surface area contributed by atoms with Gasteiger partial charge in [-0.25, -0.2) is 4.79 Å². The van der Waals surface area contributed by atoms with Gasteiger partial charge in [-0.15, -0.1) is 11.3 Å². The lowest BCUT2D eigenvalue weighted by molar-refractivity contribution is -0.0944. The molecule has 1 aliphatic heterocycles. The lowest BCUT2D eigenvalue weighted by Gasteiger charge is -2.37. The van der Waals surface area contributed by atoms with Crippen LogP contribution in [0.5, 0.6) is 11.5 Å². The van der Waals surface area contributed by atoms with Crippen molar-refractivity contribution in [2.75, 3.05) is 20.8 Å². The molecule has 2 N–H and O–H groups in total.